The fraction of sp³-hybridized carbons (Fsp3) is 0.360. The molecule has 1 amide bonds. The van der Waals surface area contributed by atoms with E-state index in [-0.39, 0.29) is 5.91 Å². The third-order valence-electron chi connectivity index (χ3n) is 5.84. The van der Waals surface area contributed by atoms with Crippen molar-refractivity contribution in [1.82, 2.24) is 10.2 Å². The van der Waals surface area contributed by atoms with Crippen LogP contribution in [0.25, 0.3) is 6.08 Å². The van der Waals surface area contributed by atoms with Crippen molar-refractivity contribution < 1.29 is 4.79 Å². The summed E-state index contributed by atoms with van der Waals surface area (Å²) in [5.74, 6) is 0.810. The first kappa shape index (κ1) is 21.5. The molecule has 31 heavy (non-hydrogen) atoms. The maximum absolute atomic E-state index is 12.5. The van der Waals surface area contributed by atoms with Crippen LogP contribution in [0.5, 0.6) is 0 Å². The van der Waals surface area contributed by atoms with Crippen LogP contribution in [0.15, 0.2) is 59.0 Å². The molecule has 2 aromatic carbocycles. The molecule has 160 valence electrons. The second-order valence-electron chi connectivity index (χ2n) is 7.95. The largest absolute Gasteiger partial charge is 0.369 e. The van der Waals surface area contributed by atoms with Crippen LogP contribution in [-0.2, 0) is 4.79 Å². The van der Waals surface area contributed by atoms with E-state index in [0.717, 1.165) is 69.0 Å². The fourth-order valence-corrected chi connectivity index (χ4v) is 4.99. The van der Waals surface area contributed by atoms with Crippen LogP contribution in [0.3, 0.4) is 0 Å². The first-order valence-corrected chi connectivity index (χ1v) is 11.9. The summed E-state index contributed by atoms with van der Waals surface area (Å²) in [6.45, 7) is 5.92. The van der Waals surface area contributed by atoms with Gasteiger partial charge in [0.1, 0.15) is 0 Å². The summed E-state index contributed by atoms with van der Waals surface area (Å²) < 4.78 is 0. The van der Waals surface area contributed by atoms with Crippen molar-refractivity contribution in [3.63, 3.8) is 0 Å². The van der Waals surface area contributed by atoms with Crippen LogP contribution in [0.1, 0.15) is 24.0 Å². The molecular formula is C25H28N4OS. The highest BCUT2D eigenvalue weighted by molar-refractivity contribution is 7.99. The average molecular weight is 433 g/mol. The van der Waals surface area contributed by atoms with Gasteiger partial charge in [-0.1, -0.05) is 18.2 Å². The quantitative estimate of drug-likeness (QED) is 0.675. The number of hydrogen-bond donors (Lipinski definition) is 1. The van der Waals surface area contributed by atoms with Crippen molar-refractivity contribution in [3.05, 3.63) is 65.2 Å². The van der Waals surface area contributed by atoms with Gasteiger partial charge in [0.15, 0.2) is 0 Å². The van der Waals surface area contributed by atoms with E-state index in [0.29, 0.717) is 5.56 Å². The van der Waals surface area contributed by atoms with Crippen LogP contribution in [-0.4, -0.2) is 55.8 Å². The summed E-state index contributed by atoms with van der Waals surface area (Å²) in [4.78, 5) is 18.6. The summed E-state index contributed by atoms with van der Waals surface area (Å²) in [7, 11) is 0. The smallest absolute Gasteiger partial charge is 0.248 e. The van der Waals surface area contributed by atoms with Crippen molar-refractivity contribution in [3.8, 4) is 6.07 Å². The van der Waals surface area contributed by atoms with E-state index in [1.165, 1.54) is 10.6 Å². The molecular weight excluding hydrogens is 404 g/mol. The van der Waals surface area contributed by atoms with E-state index < -0.39 is 0 Å². The molecule has 1 saturated heterocycles. The Hall–Kier alpha value is -2.75. The fourth-order valence-electron chi connectivity index (χ4n) is 4.00. The standard InChI is InChI=1S/C25H28N4OS/c26-18-20-7-9-23(10-8-20)29-15-13-28(14-16-29)12-4-3-11-27-25(30)22-17-21-5-1-2-6-24(21)31-19-22/h1-2,5-10,17H,3-4,11-16,19H2,(H,27,30). The van der Waals surface area contributed by atoms with Crippen LogP contribution in [0.4, 0.5) is 5.69 Å². The number of hydrogen-bond acceptors (Lipinski definition) is 5. The van der Waals surface area contributed by atoms with Gasteiger partial charge < -0.3 is 10.2 Å². The molecule has 2 heterocycles. The Labute approximate surface area is 188 Å². The van der Waals surface area contributed by atoms with Gasteiger partial charge in [-0.05, 0) is 61.4 Å². The zero-order chi connectivity index (χ0) is 21.5. The number of nitrogens with one attached hydrogen (secondary N) is 1. The van der Waals surface area contributed by atoms with Gasteiger partial charge in [0.05, 0.1) is 11.6 Å². The number of benzene rings is 2. The molecule has 0 aromatic heterocycles. The summed E-state index contributed by atoms with van der Waals surface area (Å²) in [5.41, 5.74) is 3.91. The molecule has 2 aliphatic heterocycles. The van der Waals surface area contributed by atoms with Crippen molar-refractivity contribution in [2.24, 2.45) is 0 Å². The summed E-state index contributed by atoms with van der Waals surface area (Å²) in [5, 5.41) is 12.0. The minimum atomic E-state index is 0.0676. The molecule has 0 bridgehead atoms. The lowest BCUT2D eigenvalue weighted by molar-refractivity contribution is -0.117. The molecule has 5 nitrogen and oxygen atoms in total. The molecule has 0 saturated carbocycles. The lowest BCUT2D eigenvalue weighted by Crippen LogP contribution is -2.46. The number of fused-ring (bicyclic) bond motifs is 1. The first-order valence-electron chi connectivity index (χ1n) is 10.9. The van der Waals surface area contributed by atoms with Gasteiger partial charge in [-0.25, -0.2) is 0 Å². The van der Waals surface area contributed by atoms with Crippen molar-refractivity contribution in [1.29, 1.82) is 5.26 Å². The number of anilines is 1. The predicted molar refractivity (Wildman–Crippen MR) is 127 cm³/mol. The van der Waals surface area contributed by atoms with E-state index in [1.54, 1.807) is 11.8 Å². The second-order valence-corrected chi connectivity index (χ2v) is 8.96. The van der Waals surface area contributed by atoms with Crippen LogP contribution in [0.2, 0.25) is 0 Å². The monoisotopic (exact) mass is 432 g/mol. The van der Waals surface area contributed by atoms with Gasteiger partial charge in [-0.15, -0.1) is 11.8 Å². The molecule has 0 unspecified atom stereocenters. The lowest BCUT2D eigenvalue weighted by Gasteiger charge is -2.36. The zero-order valence-corrected chi connectivity index (χ0v) is 18.5. The summed E-state index contributed by atoms with van der Waals surface area (Å²) >= 11 is 1.73. The van der Waals surface area contributed by atoms with Crippen LogP contribution >= 0.6 is 11.8 Å². The lowest BCUT2D eigenvalue weighted by atomic mass is 10.1. The highest BCUT2D eigenvalue weighted by Crippen LogP contribution is 2.31. The Kier molecular flexibility index (Phi) is 7.29. The van der Waals surface area contributed by atoms with E-state index in [9.17, 15) is 4.79 Å². The first-order chi connectivity index (χ1) is 15.2. The predicted octanol–water partition coefficient (Wildman–Crippen LogP) is 3.77. The molecule has 0 aliphatic carbocycles. The number of piperazine rings is 1. The number of nitrogens with zero attached hydrogens (tertiary/aromatic N) is 3. The summed E-state index contributed by atoms with van der Waals surface area (Å²) in [6.07, 6.45) is 4.11. The number of nitriles is 1. The minimum absolute atomic E-state index is 0.0676. The van der Waals surface area contributed by atoms with Gasteiger partial charge >= 0.3 is 0 Å². The van der Waals surface area contributed by atoms with Crippen LogP contribution < -0.4 is 10.2 Å². The summed E-state index contributed by atoms with van der Waals surface area (Å²) in [6, 6.07) is 18.2. The van der Waals surface area contributed by atoms with Gasteiger partial charge in [-0.2, -0.15) is 5.26 Å². The third kappa shape index (κ3) is 5.69. The van der Waals surface area contributed by atoms with E-state index in [4.69, 9.17) is 5.26 Å². The number of carbonyl (C=O) groups excluding carboxylic acids is 1. The normalized spacial score (nSPS) is 16.2. The number of carbonyl (C=O) groups is 1. The molecule has 1 fully saturated rings. The molecule has 0 spiro atoms. The van der Waals surface area contributed by atoms with Crippen molar-refractivity contribution >= 4 is 29.4 Å². The van der Waals surface area contributed by atoms with Crippen LogP contribution in [0, 0.1) is 11.3 Å². The molecule has 2 aromatic rings. The van der Waals surface area contributed by atoms with E-state index >= 15 is 0 Å². The number of rotatable bonds is 7. The second kappa shape index (κ2) is 10.5. The molecule has 6 heteroatoms. The Morgan fingerprint density at radius 2 is 1.81 bits per heavy atom. The molecule has 0 atom stereocenters. The Morgan fingerprint density at radius 1 is 1.03 bits per heavy atom. The number of unbranched alkanes of at least 4 members (excludes halogenated alkanes) is 1. The van der Waals surface area contributed by atoms with E-state index in [1.807, 2.05) is 42.5 Å². The Balaban J connectivity index is 1.13. The SMILES string of the molecule is N#Cc1ccc(N2CCN(CCCCNC(=O)C3=Cc4ccccc4SC3)CC2)cc1. The van der Waals surface area contributed by atoms with Gasteiger partial charge in [0.2, 0.25) is 5.91 Å². The Morgan fingerprint density at radius 3 is 2.58 bits per heavy atom. The number of amides is 1. The van der Waals surface area contributed by atoms with E-state index in [2.05, 4.69) is 33.3 Å². The maximum atomic E-state index is 12.5. The van der Waals surface area contributed by atoms with Gasteiger partial charge in [0, 0.05) is 54.6 Å². The highest BCUT2D eigenvalue weighted by Gasteiger charge is 2.18. The number of thioether (sulfide) groups is 1. The Bertz CT molecular complexity index is 972. The van der Waals surface area contributed by atoms with Gasteiger partial charge in [0.25, 0.3) is 0 Å². The average Bonchev–Trinajstić information content (AvgIpc) is 2.84. The third-order valence-corrected chi connectivity index (χ3v) is 6.98. The van der Waals surface area contributed by atoms with Crippen molar-refractivity contribution in [2.75, 3.05) is 49.9 Å². The maximum Gasteiger partial charge on any atom is 0.248 e. The van der Waals surface area contributed by atoms with Gasteiger partial charge in [-0.3, -0.25) is 9.69 Å². The molecule has 0 radical (unpaired) electrons. The minimum Gasteiger partial charge on any atom is -0.369 e. The highest BCUT2D eigenvalue weighted by atomic mass is 32.2. The topological polar surface area (TPSA) is 59.4 Å². The van der Waals surface area contributed by atoms with Crippen molar-refractivity contribution in [2.45, 2.75) is 17.7 Å². The molecule has 2 aliphatic rings. The zero-order valence-electron chi connectivity index (χ0n) is 17.7. The molecule has 1 N–H and O–H groups in total. The molecule has 4 rings (SSSR count).